The normalized spacial score (nSPS) is 11.1. The van der Waals surface area contributed by atoms with E-state index in [9.17, 15) is 9.30 Å². The van der Waals surface area contributed by atoms with Crippen LogP contribution in [-0.2, 0) is 0 Å². The molecule has 2 N–H and O–H groups in total. The molecule has 5 aromatic rings. The third-order valence-corrected chi connectivity index (χ3v) is 4.61. The van der Waals surface area contributed by atoms with Crippen molar-refractivity contribution in [3.8, 4) is 11.4 Å². The summed E-state index contributed by atoms with van der Waals surface area (Å²) in [6, 6.07) is 18.7. The van der Waals surface area contributed by atoms with E-state index in [0.29, 0.717) is 39.4 Å². The third kappa shape index (κ3) is 2.96. The standard InChI is InChI=1S/C21H13FN6O/c22-12-9-10-17-15(11-12)21(27-26-17)25-20-13-5-1-3-7-16(13)23-19(24-20)14-6-2-4-8-18(14)28-29/h1-11H,(H2,23,24,25,26,27). The van der Waals surface area contributed by atoms with Crippen molar-refractivity contribution in [3.63, 3.8) is 0 Å². The van der Waals surface area contributed by atoms with Crippen LogP contribution in [0.5, 0.6) is 0 Å². The molecule has 29 heavy (non-hydrogen) atoms. The summed E-state index contributed by atoms with van der Waals surface area (Å²) in [4.78, 5) is 20.4. The van der Waals surface area contributed by atoms with Crippen LogP contribution in [0, 0.1) is 10.7 Å². The van der Waals surface area contributed by atoms with Crippen molar-refractivity contribution in [2.45, 2.75) is 0 Å². The molecule has 2 aromatic heterocycles. The second kappa shape index (κ2) is 6.75. The minimum absolute atomic E-state index is 0.251. The number of nitrogens with one attached hydrogen (secondary N) is 2. The number of aromatic amines is 1. The average molecular weight is 384 g/mol. The van der Waals surface area contributed by atoms with Gasteiger partial charge in [-0.25, -0.2) is 14.4 Å². The second-order valence-corrected chi connectivity index (χ2v) is 6.41. The van der Waals surface area contributed by atoms with Crippen LogP contribution in [0.3, 0.4) is 0 Å². The Kier molecular flexibility index (Phi) is 3.94. The van der Waals surface area contributed by atoms with Gasteiger partial charge in [-0.05, 0) is 47.6 Å². The van der Waals surface area contributed by atoms with E-state index < -0.39 is 0 Å². The summed E-state index contributed by atoms with van der Waals surface area (Å²) >= 11 is 0. The van der Waals surface area contributed by atoms with Gasteiger partial charge in [-0.15, -0.1) is 4.91 Å². The first-order chi connectivity index (χ1) is 14.2. The summed E-state index contributed by atoms with van der Waals surface area (Å²) in [5.41, 5.74) is 2.16. The number of nitrogens with zero attached hydrogens (tertiary/aromatic N) is 4. The first-order valence-electron chi connectivity index (χ1n) is 8.83. The van der Waals surface area contributed by atoms with Crippen LogP contribution in [0.25, 0.3) is 33.2 Å². The van der Waals surface area contributed by atoms with Crippen molar-refractivity contribution in [2.75, 3.05) is 5.32 Å². The molecule has 0 saturated heterocycles. The molecule has 0 aliphatic heterocycles. The number of hydrogen-bond donors (Lipinski definition) is 2. The molecule has 7 nitrogen and oxygen atoms in total. The van der Waals surface area contributed by atoms with E-state index in [1.807, 2.05) is 24.3 Å². The summed E-state index contributed by atoms with van der Waals surface area (Å²) in [5.74, 6) is 0.925. The highest BCUT2D eigenvalue weighted by atomic mass is 19.1. The number of para-hydroxylation sites is 1. The molecule has 0 unspecified atom stereocenters. The fraction of sp³-hybridized carbons (Fsp3) is 0. The summed E-state index contributed by atoms with van der Waals surface area (Å²) < 4.78 is 13.7. The highest BCUT2D eigenvalue weighted by Crippen LogP contribution is 2.32. The molecular formula is C21H13FN6O. The van der Waals surface area contributed by atoms with E-state index in [1.54, 1.807) is 30.3 Å². The molecule has 0 amide bonds. The fourth-order valence-electron chi connectivity index (χ4n) is 3.23. The maximum atomic E-state index is 13.7. The molecule has 2 heterocycles. The molecule has 0 spiro atoms. The smallest absolute Gasteiger partial charge is 0.164 e. The van der Waals surface area contributed by atoms with Crippen molar-refractivity contribution < 1.29 is 4.39 Å². The van der Waals surface area contributed by atoms with Crippen molar-refractivity contribution in [1.29, 1.82) is 0 Å². The van der Waals surface area contributed by atoms with Crippen molar-refractivity contribution in [1.82, 2.24) is 20.2 Å². The molecule has 140 valence electrons. The maximum Gasteiger partial charge on any atom is 0.164 e. The molecule has 0 atom stereocenters. The van der Waals surface area contributed by atoms with Gasteiger partial charge in [0.1, 0.15) is 17.3 Å². The van der Waals surface area contributed by atoms with Crippen molar-refractivity contribution in [2.24, 2.45) is 5.18 Å². The predicted octanol–water partition coefficient (Wildman–Crippen LogP) is 5.45. The Morgan fingerprint density at radius 3 is 2.62 bits per heavy atom. The Balaban J connectivity index is 1.70. The number of benzene rings is 3. The van der Waals surface area contributed by atoms with Crippen LogP contribution < -0.4 is 5.32 Å². The number of halogens is 1. The lowest BCUT2D eigenvalue weighted by molar-refractivity contribution is 0.630. The Morgan fingerprint density at radius 2 is 1.72 bits per heavy atom. The van der Waals surface area contributed by atoms with Gasteiger partial charge >= 0.3 is 0 Å². The quantitative estimate of drug-likeness (QED) is 0.402. The molecule has 0 saturated carbocycles. The predicted molar refractivity (Wildman–Crippen MR) is 110 cm³/mol. The summed E-state index contributed by atoms with van der Waals surface area (Å²) in [6.45, 7) is 0. The first kappa shape index (κ1) is 16.9. The maximum absolute atomic E-state index is 13.7. The van der Waals surface area contributed by atoms with Crippen LogP contribution in [0.2, 0.25) is 0 Å². The zero-order valence-corrected chi connectivity index (χ0v) is 14.9. The Bertz CT molecular complexity index is 1380. The van der Waals surface area contributed by atoms with Crippen LogP contribution in [-0.4, -0.2) is 20.2 Å². The fourth-order valence-corrected chi connectivity index (χ4v) is 3.23. The molecule has 0 fully saturated rings. The molecule has 5 rings (SSSR count). The van der Waals surface area contributed by atoms with Gasteiger partial charge in [0.05, 0.1) is 11.0 Å². The van der Waals surface area contributed by atoms with E-state index in [2.05, 4.69) is 30.7 Å². The number of anilines is 2. The number of nitroso groups, excluding NO2 is 1. The van der Waals surface area contributed by atoms with Gasteiger partial charge in [0.25, 0.3) is 0 Å². The lowest BCUT2D eigenvalue weighted by Crippen LogP contribution is -2.00. The number of hydrogen-bond acceptors (Lipinski definition) is 6. The first-order valence-corrected chi connectivity index (χ1v) is 8.83. The van der Waals surface area contributed by atoms with E-state index in [0.717, 1.165) is 5.39 Å². The monoisotopic (exact) mass is 384 g/mol. The van der Waals surface area contributed by atoms with Gasteiger partial charge in [0.2, 0.25) is 0 Å². The third-order valence-electron chi connectivity index (χ3n) is 4.61. The zero-order valence-electron chi connectivity index (χ0n) is 14.9. The Hall–Kier alpha value is -4.20. The Morgan fingerprint density at radius 1 is 0.897 bits per heavy atom. The summed E-state index contributed by atoms with van der Waals surface area (Å²) in [5, 5.41) is 14.7. The summed E-state index contributed by atoms with van der Waals surface area (Å²) in [6.07, 6.45) is 0. The minimum atomic E-state index is -0.360. The molecule has 0 bridgehead atoms. The zero-order chi connectivity index (χ0) is 19.8. The average Bonchev–Trinajstić information content (AvgIpc) is 3.15. The lowest BCUT2D eigenvalue weighted by atomic mass is 10.1. The molecule has 3 aromatic carbocycles. The second-order valence-electron chi connectivity index (χ2n) is 6.41. The molecular weight excluding hydrogens is 371 g/mol. The molecule has 8 heteroatoms. The SMILES string of the molecule is O=Nc1ccccc1-c1nc(Nc2n[nH]c3ccc(F)cc23)c2ccccc2n1. The molecule has 0 aliphatic rings. The van der Waals surface area contributed by atoms with E-state index in [1.165, 1.54) is 12.1 Å². The van der Waals surface area contributed by atoms with Gasteiger partial charge in [-0.3, -0.25) is 5.10 Å². The minimum Gasteiger partial charge on any atom is -0.322 e. The van der Waals surface area contributed by atoms with Crippen LogP contribution in [0.15, 0.2) is 71.9 Å². The Labute approximate surface area is 163 Å². The van der Waals surface area contributed by atoms with Gasteiger partial charge in [0.15, 0.2) is 11.6 Å². The molecule has 0 radical (unpaired) electrons. The van der Waals surface area contributed by atoms with E-state index in [-0.39, 0.29) is 11.5 Å². The number of H-pyrrole nitrogens is 1. The van der Waals surface area contributed by atoms with Crippen LogP contribution in [0.1, 0.15) is 0 Å². The van der Waals surface area contributed by atoms with Gasteiger partial charge < -0.3 is 5.32 Å². The van der Waals surface area contributed by atoms with Crippen LogP contribution in [0.4, 0.5) is 21.7 Å². The van der Waals surface area contributed by atoms with Gasteiger partial charge in [0, 0.05) is 16.3 Å². The van der Waals surface area contributed by atoms with Gasteiger partial charge in [-0.2, -0.15) is 5.10 Å². The van der Waals surface area contributed by atoms with Gasteiger partial charge in [-0.1, -0.05) is 24.3 Å². The van der Waals surface area contributed by atoms with Crippen molar-refractivity contribution in [3.05, 3.63) is 77.5 Å². The lowest BCUT2D eigenvalue weighted by Gasteiger charge is -2.10. The highest BCUT2D eigenvalue weighted by Gasteiger charge is 2.15. The van der Waals surface area contributed by atoms with E-state index >= 15 is 0 Å². The number of rotatable bonds is 4. The number of aromatic nitrogens is 4. The van der Waals surface area contributed by atoms with Crippen LogP contribution >= 0.6 is 0 Å². The van der Waals surface area contributed by atoms with E-state index in [4.69, 9.17) is 0 Å². The topological polar surface area (TPSA) is 95.9 Å². The largest absolute Gasteiger partial charge is 0.322 e. The number of fused-ring (bicyclic) bond motifs is 2. The van der Waals surface area contributed by atoms with Crippen molar-refractivity contribution >= 4 is 39.1 Å². The molecule has 0 aliphatic carbocycles. The summed E-state index contributed by atoms with van der Waals surface area (Å²) in [7, 11) is 0. The highest BCUT2D eigenvalue weighted by molar-refractivity contribution is 5.97.